The molecule has 0 bridgehead atoms. The molecule has 0 aliphatic heterocycles. The first-order chi connectivity index (χ1) is 7.27. The van der Waals surface area contributed by atoms with Crippen molar-refractivity contribution in [2.45, 2.75) is 25.2 Å². The molecule has 2 nitrogen and oxygen atoms in total. The molecular weight excluding hydrogens is 254 g/mol. The van der Waals surface area contributed by atoms with E-state index in [2.05, 4.69) is 22.0 Å². The van der Waals surface area contributed by atoms with Crippen molar-refractivity contribution in [2.75, 3.05) is 7.11 Å². The van der Waals surface area contributed by atoms with E-state index in [0.717, 1.165) is 35.0 Å². The van der Waals surface area contributed by atoms with Crippen LogP contribution in [0.2, 0.25) is 0 Å². The minimum Gasteiger partial charge on any atom is -0.496 e. The quantitative estimate of drug-likeness (QED) is 0.780. The second-order valence-corrected chi connectivity index (χ2v) is 4.52. The largest absolute Gasteiger partial charge is 0.496 e. The van der Waals surface area contributed by atoms with Gasteiger partial charge in [-0.1, -0.05) is 6.07 Å². The van der Waals surface area contributed by atoms with Crippen molar-refractivity contribution in [3.8, 4) is 11.8 Å². The molecule has 1 aromatic rings. The maximum Gasteiger partial charge on any atom is 0.133 e. The van der Waals surface area contributed by atoms with Gasteiger partial charge in [0.15, 0.2) is 0 Å². The van der Waals surface area contributed by atoms with Crippen molar-refractivity contribution >= 4 is 15.9 Å². The van der Waals surface area contributed by atoms with Gasteiger partial charge in [0.25, 0.3) is 0 Å². The minimum atomic E-state index is 0.0518. The molecule has 3 heteroatoms. The molecule has 0 heterocycles. The Morgan fingerprint density at radius 1 is 1.53 bits per heavy atom. The molecule has 0 radical (unpaired) electrons. The normalized spacial score (nSPS) is 19.1. The predicted molar refractivity (Wildman–Crippen MR) is 62.0 cm³/mol. The summed E-state index contributed by atoms with van der Waals surface area (Å²) in [5.41, 5.74) is 2.41. The lowest BCUT2D eigenvalue weighted by molar-refractivity contribution is 0.410. The Labute approximate surface area is 98.0 Å². The lowest BCUT2D eigenvalue weighted by atomic mass is 9.83. The fraction of sp³-hybridized carbons (Fsp3) is 0.417. The molecule has 1 aliphatic rings. The Morgan fingerprint density at radius 2 is 2.33 bits per heavy atom. The van der Waals surface area contributed by atoms with Gasteiger partial charge in [-0.05, 0) is 52.4 Å². The summed E-state index contributed by atoms with van der Waals surface area (Å²) in [7, 11) is 1.66. The van der Waals surface area contributed by atoms with Gasteiger partial charge in [-0.2, -0.15) is 5.26 Å². The summed E-state index contributed by atoms with van der Waals surface area (Å²) in [4.78, 5) is 0. The first-order valence-corrected chi connectivity index (χ1v) is 5.82. The van der Waals surface area contributed by atoms with Crippen LogP contribution in [0, 0.1) is 11.3 Å². The van der Waals surface area contributed by atoms with Crippen LogP contribution in [-0.2, 0) is 6.42 Å². The van der Waals surface area contributed by atoms with Crippen LogP contribution in [0.4, 0.5) is 0 Å². The van der Waals surface area contributed by atoms with Gasteiger partial charge in [0, 0.05) is 0 Å². The van der Waals surface area contributed by atoms with Crippen LogP contribution >= 0.6 is 15.9 Å². The lowest BCUT2D eigenvalue weighted by Gasteiger charge is -2.22. The summed E-state index contributed by atoms with van der Waals surface area (Å²) in [6, 6.07) is 6.31. The highest BCUT2D eigenvalue weighted by atomic mass is 79.9. The average Bonchev–Trinajstić information content (AvgIpc) is 2.29. The van der Waals surface area contributed by atoms with E-state index in [-0.39, 0.29) is 5.92 Å². The van der Waals surface area contributed by atoms with Crippen LogP contribution in [0.5, 0.6) is 5.75 Å². The van der Waals surface area contributed by atoms with Gasteiger partial charge in [0.1, 0.15) is 5.75 Å². The van der Waals surface area contributed by atoms with Gasteiger partial charge in [-0.3, -0.25) is 0 Å². The first-order valence-electron chi connectivity index (χ1n) is 5.02. The van der Waals surface area contributed by atoms with E-state index in [1.807, 2.05) is 12.1 Å². The van der Waals surface area contributed by atoms with Gasteiger partial charge in [-0.25, -0.2) is 0 Å². The van der Waals surface area contributed by atoms with E-state index in [0.29, 0.717) is 0 Å². The monoisotopic (exact) mass is 265 g/mol. The molecular formula is C12H12BrNO. The smallest absolute Gasteiger partial charge is 0.133 e. The molecule has 78 valence electrons. The Balaban J connectivity index is 2.53. The molecule has 1 aromatic carbocycles. The van der Waals surface area contributed by atoms with Gasteiger partial charge in [0.2, 0.25) is 0 Å². The van der Waals surface area contributed by atoms with Crippen molar-refractivity contribution in [3.05, 3.63) is 27.7 Å². The van der Waals surface area contributed by atoms with Crippen molar-refractivity contribution < 1.29 is 4.74 Å². The van der Waals surface area contributed by atoms with Crippen molar-refractivity contribution in [1.29, 1.82) is 5.26 Å². The number of methoxy groups -OCH3 is 1. The Morgan fingerprint density at radius 3 is 3.00 bits per heavy atom. The Hall–Kier alpha value is -1.01. The van der Waals surface area contributed by atoms with E-state index in [1.165, 1.54) is 5.56 Å². The van der Waals surface area contributed by atoms with Crippen molar-refractivity contribution in [1.82, 2.24) is 0 Å². The molecule has 0 spiro atoms. The molecule has 0 N–H and O–H groups in total. The number of rotatable bonds is 1. The minimum absolute atomic E-state index is 0.0518. The average molecular weight is 266 g/mol. The summed E-state index contributed by atoms with van der Waals surface area (Å²) >= 11 is 3.55. The van der Waals surface area contributed by atoms with Crippen LogP contribution in [0.25, 0.3) is 0 Å². The van der Waals surface area contributed by atoms with Crippen LogP contribution in [0.3, 0.4) is 0 Å². The van der Waals surface area contributed by atoms with Gasteiger partial charge >= 0.3 is 0 Å². The Bertz CT molecular complexity index is 422. The maximum atomic E-state index is 9.06. The van der Waals surface area contributed by atoms with Crippen LogP contribution in [0.1, 0.15) is 29.9 Å². The highest BCUT2D eigenvalue weighted by molar-refractivity contribution is 9.10. The third-order valence-corrected chi connectivity index (χ3v) is 3.78. The van der Waals surface area contributed by atoms with E-state index in [1.54, 1.807) is 7.11 Å². The lowest BCUT2D eigenvalue weighted by Crippen LogP contribution is -2.09. The second-order valence-electron chi connectivity index (χ2n) is 3.72. The zero-order valence-electron chi connectivity index (χ0n) is 8.59. The van der Waals surface area contributed by atoms with Gasteiger partial charge in [0.05, 0.1) is 23.6 Å². The number of hydrogen-bond donors (Lipinski definition) is 0. The third-order valence-electron chi connectivity index (χ3n) is 2.91. The SMILES string of the molecule is COc1ccc2c(c1Br)CCCC2C#N. The molecule has 0 saturated carbocycles. The van der Waals surface area contributed by atoms with Crippen molar-refractivity contribution in [3.63, 3.8) is 0 Å². The van der Waals surface area contributed by atoms with Crippen LogP contribution in [0.15, 0.2) is 16.6 Å². The molecule has 1 aliphatic carbocycles. The van der Waals surface area contributed by atoms with Crippen LogP contribution < -0.4 is 4.74 Å². The van der Waals surface area contributed by atoms with E-state index >= 15 is 0 Å². The number of fused-ring (bicyclic) bond motifs is 1. The number of halogens is 1. The molecule has 15 heavy (non-hydrogen) atoms. The molecule has 0 saturated heterocycles. The standard InChI is InChI=1S/C12H12BrNO/c1-15-11-6-5-9-8(7-14)3-2-4-10(9)12(11)13/h5-6,8H,2-4H2,1H3. The van der Waals surface area contributed by atoms with E-state index < -0.39 is 0 Å². The van der Waals surface area contributed by atoms with Gasteiger partial charge < -0.3 is 4.74 Å². The zero-order valence-corrected chi connectivity index (χ0v) is 10.2. The van der Waals surface area contributed by atoms with E-state index in [4.69, 9.17) is 10.00 Å². The number of nitriles is 1. The molecule has 0 amide bonds. The molecule has 0 fully saturated rings. The summed E-state index contributed by atoms with van der Waals surface area (Å²) in [5, 5.41) is 9.06. The fourth-order valence-corrected chi connectivity index (χ4v) is 2.85. The molecule has 1 unspecified atom stereocenters. The van der Waals surface area contributed by atoms with E-state index in [9.17, 15) is 0 Å². The second kappa shape index (κ2) is 4.24. The number of nitrogens with zero attached hydrogens (tertiary/aromatic N) is 1. The Kier molecular flexibility index (Phi) is 2.97. The first kappa shape index (κ1) is 10.5. The fourth-order valence-electron chi connectivity index (χ4n) is 2.13. The molecule has 0 aromatic heterocycles. The number of ether oxygens (including phenoxy) is 1. The topological polar surface area (TPSA) is 33.0 Å². The summed E-state index contributed by atoms with van der Waals surface area (Å²) < 4.78 is 6.27. The number of hydrogen-bond acceptors (Lipinski definition) is 2. The predicted octanol–water partition coefficient (Wildman–Crippen LogP) is 3.40. The van der Waals surface area contributed by atoms with Crippen molar-refractivity contribution in [2.24, 2.45) is 0 Å². The molecule has 1 atom stereocenters. The maximum absolute atomic E-state index is 9.06. The summed E-state index contributed by atoms with van der Waals surface area (Å²) in [6.07, 6.45) is 3.09. The third kappa shape index (κ3) is 1.74. The highest BCUT2D eigenvalue weighted by Crippen LogP contribution is 2.39. The summed E-state index contributed by atoms with van der Waals surface area (Å²) in [5.74, 6) is 0.906. The molecule has 2 rings (SSSR count). The van der Waals surface area contributed by atoms with Crippen LogP contribution in [-0.4, -0.2) is 7.11 Å². The highest BCUT2D eigenvalue weighted by Gasteiger charge is 2.22. The zero-order chi connectivity index (χ0) is 10.8. The van der Waals surface area contributed by atoms with Gasteiger partial charge in [-0.15, -0.1) is 0 Å². The number of benzene rings is 1. The summed E-state index contributed by atoms with van der Waals surface area (Å²) in [6.45, 7) is 0.